The van der Waals surface area contributed by atoms with Crippen molar-refractivity contribution in [1.82, 2.24) is 4.98 Å². The molecule has 1 unspecified atom stereocenters. The SMILES string of the molecule is CCC(CN)Cc1nc2cc(S(C)(=O)=O)ccc2o1. The summed E-state index contributed by atoms with van der Waals surface area (Å²) in [4.78, 5) is 4.59. The molecule has 0 radical (unpaired) electrons. The largest absolute Gasteiger partial charge is 0.441 e. The van der Waals surface area contributed by atoms with Crippen molar-refractivity contribution in [3.63, 3.8) is 0 Å². The van der Waals surface area contributed by atoms with Crippen molar-refractivity contribution in [2.45, 2.75) is 24.7 Å². The van der Waals surface area contributed by atoms with E-state index in [1.54, 1.807) is 12.1 Å². The Morgan fingerprint density at radius 2 is 2.16 bits per heavy atom. The smallest absolute Gasteiger partial charge is 0.195 e. The Morgan fingerprint density at radius 3 is 2.74 bits per heavy atom. The summed E-state index contributed by atoms with van der Waals surface area (Å²) in [6.07, 6.45) is 2.82. The van der Waals surface area contributed by atoms with Gasteiger partial charge in [0.15, 0.2) is 21.3 Å². The van der Waals surface area contributed by atoms with Crippen molar-refractivity contribution in [3.8, 4) is 0 Å². The van der Waals surface area contributed by atoms with Crippen molar-refractivity contribution in [1.29, 1.82) is 0 Å². The Balaban J connectivity index is 2.36. The lowest BCUT2D eigenvalue weighted by Crippen LogP contribution is -2.15. The topological polar surface area (TPSA) is 86.2 Å². The van der Waals surface area contributed by atoms with Crippen LogP contribution in [-0.2, 0) is 16.3 Å². The average Bonchev–Trinajstić information content (AvgIpc) is 2.76. The lowest BCUT2D eigenvalue weighted by molar-refractivity contribution is 0.438. The number of rotatable bonds is 5. The predicted octanol–water partition coefficient (Wildman–Crippen LogP) is 1.76. The monoisotopic (exact) mass is 282 g/mol. The molecule has 0 bridgehead atoms. The van der Waals surface area contributed by atoms with E-state index in [0.29, 0.717) is 35.9 Å². The maximum atomic E-state index is 11.5. The van der Waals surface area contributed by atoms with Crippen molar-refractivity contribution >= 4 is 20.9 Å². The molecule has 1 aromatic heterocycles. The molecule has 0 saturated heterocycles. The van der Waals surface area contributed by atoms with Gasteiger partial charge in [-0.2, -0.15) is 0 Å². The van der Waals surface area contributed by atoms with Gasteiger partial charge in [0.25, 0.3) is 0 Å². The van der Waals surface area contributed by atoms with Gasteiger partial charge in [-0.25, -0.2) is 13.4 Å². The summed E-state index contributed by atoms with van der Waals surface area (Å²) >= 11 is 0. The molecule has 0 saturated carbocycles. The first-order chi connectivity index (χ1) is 8.94. The first-order valence-corrected chi connectivity index (χ1v) is 8.12. The molecular weight excluding hydrogens is 264 g/mol. The number of nitrogens with two attached hydrogens (primary N) is 1. The van der Waals surface area contributed by atoms with E-state index >= 15 is 0 Å². The van der Waals surface area contributed by atoms with E-state index in [-0.39, 0.29) is 4.90 Å². The second-order valence-corrected chi connectivity index (χ2v) is 6.74. The normalized spacial score (nSPS) is 13.8. The molecule has 5 nitrogen and oxygen atoms in total. The summed E-state index contributed by atoms with van der Waals surface area (Å²) in [6.45, 7) is 2.66. The van der Waals surface area contributed by atoms with Gasteiger partial charge < -0.3 is 10.2 Å². The van der Waals surface area contributed by atoms with Gasteiger partial charge in [0, 0.05) is 12.7 Å². The van der Waals surface area contributed by atoms with Gasteiger partial charge in [0.05, 0.1) is 4.90 Å². The highest BCUT2D eigenvalue weighted by Crippen LogP contribution is 2.21. The van der Waals surface area contributed by atoms with Crippen LogP contribution >= 0.6 is 0 Å². The molecular formula is C13H18N2O3S. The summed E-state index contributed by atoms with van der Waals surface area (Å²) < 4.78 is 28.6. The second kappa shape index (κ2) is 5.30. The summed E-state index contributed by atoms with van der Waals surface area (Å²) in [5.41, 5.74) is 6.84. The minimum absolute atomic E-state index is 0.255. The molecule has 1 atom stereocenters. The van der Waals surface area contributed by atoms with Crippen molar-refractivity contribution in [2.24, 2.45) is 11.7 Å². The minimum atomic E-state index is -3.22. The predicted molar refractivity (Wildman–Crippen MR) is 73.7 cm³/mol. The Hall–Kier alpha value is -1.40. The number of oxazole rings is 1. The lowest BCUT2D eigenvalue weighted by atomic mass is 10.0. The third kappa shape index (κ3) is 3.13. The molecule has 6 heteroatoms. The van der Waals surface area contributed by atoms with Gasteiger partial charge >= 0.3 is 0 Å². The van der Waals surface area contributed by atoms with E-state index < -0.39 is 9.84 Å². The average molecular weight is 282 g/mol. The van der Waals surface area contributed by atoms with Crippen LogP contribution in [0.1, 0.15) is 19.2 Å². The number of benzene rings is 1. The van der Waals surface area contributed by atoms with Crippen molar-refractivity contribution in [2.75, 3.05) is 12.8 Å². The van der Waals surface area contributed by atoms with E-state index in [2.05, 4.69) is 11.9 Å². The van der Waals surface area contributed by atoms with Crippen LogP contribution < -0.4 is 5.73 Å². The Morgan fingerprint density at radius 1 is 1.42 bits per heavy atom. The third-order valence-electron chi connectivity index (χ3n) is 3.21. The fourth-order valence-electron chi connectivity index (χ4n) is 1.91. The minimum Gasteiger partial charge on any atom is -0.441 e. The molecule has 1 heterocycles. The second-order valence-electron chi connectivity index (χ2n) is 4.72. The van der Waals surface area contributed by atoms with Gasteiger partial charge in [-0.3, -0.25) is 0 Å². The van der Waals surface area contributed by atoms with Gasteiger partial charge in [-0.1, -0.05) is 13.3 Å². The Labute approximate surface area is 112 Å². The molecule has 0 aliphatic rings. The van der Waals surface area contributed by atoms with Crippen LogP contribution in [0, 0.1) is 5.92 Å². The first-order valence-electron chi connectivity index (χ1n) is 6.23. The van der Waals surface area contributed by atoms with Gasteiger partial charge in [-0.15, -0.1) is 0 Å². The number of nitrogens with zero attached hydrogens (tertiary/aromatic N) is 1. The maximum absolute atomic E-state index is 11.5. The fraction of sp³-hybridized carbons (Fsp3) is 0.462. The highest BCUT2D eigenvalue weighted by Gasteiger charge is 2.14. The zero-order valence-electron chi connectivity index (χ0n) is 11.1. The van der Waals surface area contributed by atoms with Crippen LogP contribution in [0.5, 0.6) is 0 Å². The van der Waals surface area contributed by atoms with Crippen LogP contribution in [0.15, 0.2) is 27.5 Å². The first kappa shape index (κ1) is 14.0. The van der Waals surface area contributed by atoms with Crippen LogP contribution in [0.2, 0.25) is 0 Å². The van der Waals surface area contributed by atoms with Crippen molar-refractivity contribution in [3.05, 3.63) is 24.1 Å². The summed E-state index contributed by atoms with van der Waals surface area (Å²) in [7, 11) is -3.22. The molecule has 0 amide bonds. The fourth-order valence-corrected chi connectivity index (χ4v) is 2.56. The van der Waals surface area contributed by atoms with E-state index in [1.165, 1.54) is 12.3 Å². The van der Waals surface area contributed by atoms with Gasteiger partial charge in [-0.05, 0) is 30.7 Å². The molecule has 2 rings (SSSR count). The number of hydrogen-bond donors (Lipinski definition) is 1. The molecule has 1 aromatic carbocycles. The number of sulfone groups is 1. The van der Waals surface area contributed by atoms with Crippen LogP contribution in [0.4, 0.5) is 0 Å². The Kier molecular flexibility index (Phi) is 3.91. The zero-order chi connectivity index (χ0) is 14.0. The summed E-state index contributed by atoms with van der Waals surface area (Å²) in [5.74, 6) is 0.945. The molecule has 2 aromatic rings. The molecule has 19 heavy (non-hydrogen) atoms. The van der Waals surface area contributed by atoms with E-state index in [9.17, 15) is 8.42 Å². The molecule has 0 aliphatic heterocycles. The van der Waals surface area contributed by atoms with E-state index in [0.717, 1.165) is 6.42 Å². The van der Waals surface area contributed by atoms with Crippen molar-refractivity contribution < 1.29 is 12.8 Å². The Bertz CT molecular complexity index is 672. The molecule has 0 aliphatic carbocycles. The number of fused-ring (bicyclic) bond motifs is 1. The molecule has 0 fully saturated rings. The zero-order valence-corrected chi connectivity index (χ0v) is 11.9. The highest BCUT2D eigenvalue weighted by molar-refractivity contribution is 7.90. The quantitative estimate of drug-likeness (QED) is 0.903. The van der Waals surface area contributed by atoms with Gasteiger partial charge in [0.2, 0.25) is 0 Å². The third-order valence-corrected chi connectivity index (χ3v) is 4.32. The van der Waals surface area contributed by atoms with Crippen LogP contribution in [0.25, 0.3) is 11.1 Å². The standard InChI is InChI=1S/C13H18N2O3S/c1-3-9(8-14)6-13-15-11-7-10(19(2,16)17)4-5-12(11)18-13/h4-5,7,9H,3,6,8,14H2,1-2H3. The number of aromatic nitrogens is 1. The lowest BCUT2D eigenvalue weighted by Gasteiger charge is -2.07. The van der Waals surface area contributed by atoms with E-state index in [4.69, 9.17) is 10.2 Å². The number of hydrogen-bond acceptors (Lipinski definition) is 5. The van der Waals surface area contributed by atoms with E-state index in [1.807, 2.05) is 0 Å². The summed E-state index contributed by atoms with van der Waals surface area (Å²) in [6, 6.07) is 4.72. The van der Waals surface area contributed by atoms with Crippen LogP contribution in [-0.4, -0.2) is 26.2 Å². The molecule has 104 valence electrons. The highest BCUT2D eigenvalue weighted by atomic mass is 32.2. The molecule has 2 N–H and O–H groups in total. The van der Waals surface area contributed by atoms with Gasteiger partial charge in [0.1, 0.15) is 5.52 Å². The maximum Gasteiger partial charge on any atom is 0.195 e. The molecule has 0 spiro atoms. The summed E-state index contributed by atoms with van der Waals surface area (Å²) in [5, 5.41) is 0. The van der Waals surface area contributed by atoms with Crippen LogP contribution in [0.3, 0.4) is 0 Å².